The number of hydrogen-bond donors (Lipinski definition) is 1. The van der Waals surface area contributed by atoms with Gasteiger partial charge in [-0.25, -0.2) is 0 Å². The van der Waals surface area contributed by atoms with Crippen LogP contribution in [-0.2, 0) is 6.54 Å². The summed E-state index contributed by atoms with van der Waals surface area (Å²) in [7, 11) is 0. The lowest BCUT2D eigenvalue weighted by Gasteiger charge is -1.99. The highest BCUT2D eigenvalue weighted by atomic mass is 79.9. The molecule has 1 heterocycles. The van der Waals surface area contributed by atoms with Crippen LogP contribution in [0.25, 0.3) is 0 Å². The average molecular weight is 329 g/mol. The first-order valence-corrected chi connectivity index (χ1v) is 6.85. The van der Waals surface area contributed by atoms with Crippen molar-refractivity contribution in [1.29, 1.82) is 0 Å². The normalized spacial score (nSPS) is 10.7. The summed E-state index contributed by atoms with van der Waals surface area (Å²) in [6.07, 6.45) is 2.10. The Bertz CT molecular complexity index is 245. The monoisotopic (exact) mass is 327 g/mol. The Morgan fingerprint density at radius 2 is 2.31 bits per heavy atom. The maximum Gasteiger partial charge on any atom is 0.183 e. The quantitative estimate of drug-likeness (QED) is 0.840. The van der Waals surface area contributed by atoms with Crippen molar-refractivity contribution in [2.24, 2.45) is 0 Å². The lowest BCUT2D eigenvalue weighted by molar-refractivity contribution is 0.468. The summed E-state index contributed by atoms with van der Waals surface area (Å²) in [4.78, 5) is 0. The molecular weight excluding hydrogens is 318 g/mol. The third-order valence-electron chi connectivity index (χ3n) is 1.48. The van der Waals surface area contributed by atoms with E-state index in [0.717, 1.165) is 33.7 Å². The molecule has 0 fully saturated rings. The van der Waals surface area contributed by atoms with Gasteiger partial charge in [0, 0.05) is 12.3 Å². The molecule has 0 spiro atoms. The summed E-state index contributed by atoms with van der Waals surface area (Å²) in [6.45, 7) is 1.79. The Morgan fingerprint density at radius 3 is 2.85 bits per heavy atom. The number of nitrogens with one attached hydrogen (secondary N) is 1. The Balaban J connectivity index is 2.29. The van der Waals surface area contributed by atoms with Gasteiger partial charge in [0.2, 0.25) is 0 Å². The van der Waals surface area contributed by atoms with Gasteiger partial charge in [0.15, 0.2) is 4.67 Å². The van der Waals surface area contributed by atoms with Gasteiger partial charge in [0.25, 0.3) is 0 Å². The van der Waals surface area contributed by atoms with Gasteiger partial charge >= 0.3 is 0 Å². The lowest BCUT2D eigenvalue weighted by atomic mass is 10.4. The molecule has 0 atom stereocenters. The molecule has 0 aliphatic carbocycles. The van der Waals surface area contributed by atoms with Crippen molar-refractivity contribution >= 4 is 43.6 Å². The van der Waals surface area contributed by atoms with Crippen molar-refractivity contribution in [1.82, 2.24) is 5.32 Å². The molecule has 0 amide bonds. The predicted molar refractivity (Wildman–Crippen MR) is 64.2 cm³/mol. The Morgan fingerprint density at radius 1 is 1.54 bits per heavy atom. The van der Waals surface area contributed by atoms with Gasteiger partial charge in [-0.05, 0) is 44.2 Å². The van der Waals surface area contributed by atoms with Gasteiger partial charge in [-0.15, -0.1) is 0 Å². The molecule has 0 unspecified atom stereocenters. The summed E-state index contributed by atoms with van der Waals surface area (Å²) < 4.78 is 7.12. The van der Waals surface area contributed by atoms with E-state index in [4.69, 9.17) is 4.42 Å². The maximum absolute atomic E-state index is 5.39. The first-order valence-electron chi connectivity index (χ1n) is 3.87. The van der Waals surface area contributed by atoms with E-state index in [2.05, 4.69) is 43.4 Å². The zero-order valence-corrected chi connectivity index (χ0v) is 11.3. The third kappa shape index (κ3) is 4.06. The minimum Gasteiger partial charge on any atom is -0.452 e. The number of hydrogen-bond acceptors (Lipinski definition) is 3. The third-order valence-corrected chi connectivity index (χ3v) is 3.80. The molecule has 0 aliphatic heterocycles. The van der Waals surface area contributed by atoms with Crippen LogP contribution in [-0.4, -0.2) is 18.6 Å². The van der Waals surface area contributed by atoms with Gasteiger partial charge in [0.05, 0.1) is 11.0 Å². The van der Waals surface area contributed by atoms with Gasteiger partial charge in [-0.1, -0.05) is 0 Å². The second-order valence-corrected chi connectivity index (χ2v) is 5.06. The van der Waals surface area contributed by atoms with Crippen LogP contribution in [0, 0.1) is 0 Å². The van der Waals surface area contributed by atoms with E-state index >= 15 is 0 Å². The van der Waals surface area contributed by atoms with Gasteiger partial charge < -0.3 is 9.73 Å². The molecule has 0 bridgehead atoms. The van der Waals surface area contributed by atoms with Crippen LogP contribution in [0.3, 0.4) is 0 Å². The Hall–Kier alpha value is 0.550. The molecule has 0 saturated heterocycles. The van der Waals surface area contributed by atoms with Crippen LogP contribution in [0.5, 0.6) is 0 Å². The minimum atomic E-state index is 0.758. The lowest BCUT2D eigenvalue weighted by Crippen LogP contribution is -2.15. The highest BCUT2D eigenvalue weighted by Crippen LogP contribution is 2.26. The summed E-state index contributed by atoms with van der Waals surface area (Å²) in [5.41, 5.74) is 0. The first-order chi connectivity index (χ1) is 6.24. The van der Waals surface area contributed by atoms with Crippen molar-refractivity contribution in [2.45, 2.75) is 6.54 Å². The van der Waals surface area contributed by atoms with E-state index in [9.17, 15) is 0 Å². The number of rotatable bonds is 5. The summed E-state index contributed by atoms with van der Waals surface area (Å²) in [5, 5.41) is 3.29. The second-order valence-electron chi connectivity index (χ2n) is 2.50. The average Bonchev–Trinajstić information content (AvgIpc) is 2.41. The smallest absolute Gasteiger partial charge is 0.183 e. The standard InChI is InChI=1S/C8H11Br2NOS/c1-13-3-2-11-5-6-4-7(9)8(10)12-6/h4,11H,2-3,5H2,1H3. The van der Waals surface area contributed by atoms with Crippen LogP contribution >= 0.6 is 43.6 Å². The fraction of sp³-hybridized carbons (Fsp3) is 0.500. The molecule has 2 nitrogen and oxygen atoms in total. The van der Waals surface area contributed by atoms with Crippen LogP contribution in [0.4, 0.5) is 0 Å². The molecule has 13 heavy (non-hydrogen) atoms. The van der Waals surface area contributed by atoms with Crippen LogP contribution < -0.4 is 5.32 Å². The fourth-order valence-corrected chi connectivity index (χ4v) is 1.87. The molecular formula is C8H11Br2NOS. The molecule has 0 aromatic carbocycles. The van der Waals surface area contributed by atoms with Gasteiger partial charge in [-0.2, -0.15) is 11.8 Å². The molecule has 0 aliphatic rings. The van der Waals surface area contributed by atoms with Crippen LogP contribution in [0.15, 0.2) is 19.6 Å². The molecule has 0 saturated carbocycles. The summed E-state index contributed by atoms with van der Waals surface area (Å²) in [5.74, 6) is 2.07. The van der Waals surface area contributed by atoms with Crippen LogP contribution in [0.1, 0.15) is 5.76 Å². The second kappa shape index (κ2) is 6.11. The summed E-state index contributed by atoms with van der Waals surface area (Å²) >= 11 is 8.49. The first kappa shape index (κ1) is 11.6. The van der Waals surface area contributed by atoms with Gasteiger partial charge in [0.1, 0.15) is 5.76 Å². The number of furan rings is 1. The van der Waals surface area contributed by atoms with E-state index in [0.29, 0.717) is 0 Å². The fourth-order valence-electron chi connectivity index (χ4n) is 0.864. The van der Waals surface area contributed by atoms with Crippen LogP contribution in [0.2, 0.25) is 0 Å². The predicted octanol–water partition coefficient (Wildman–Crippen LogP) is 3.26. The molecule has 74 valence electrons. The number of halogens is 2. The molecule has 5 heteroatoms. The van der Waals surface area contributed by atoms with Gasteiger partial charge in [-0.3, -0.25) is 0 Å². The van der Waals surface area contributed by atoms with Crippen molar-refractivity contribution in [2.75, 3.05) is 18.6 Å². The summed E-state index contributed by atoms with van der Waals surface area (Å²) in [6, 6.07) is 1.97. The molecule has 1 aromatic heterocycles. The topological polar surface area (TPSA) is 25.2 Å². The molecule has 0 radical (unpaired) electrons. The largest absolute Gasteiger partial charge is 0.452 e. The minimum absolute atomic E-state index is 0.758. The van der Waals surface area contributed by atoms with E-state index in [1.54, 1.807) is 0 Å². The van der Waals surface area contributed by atoms with Crippen molar-refractivity contribution < 1.29 is 4.42 Å². The van der Waals surface area contributed by atoms with E-state index in [-0.39, 0.29) is 0 Å². The number of thioether (sulfide) groups is 1. The van der Waals surface area contributed by atoms with Crippen molar-refractivity contribution in [3.63, 3.8) is 0 Å². The van der Waals surface area contributed by atoms with E-state index in [1.165, 1.54) is 0 Å². The van der Waals surface area contributed by atoms with E-state index in [1.807, 2.05) is 17.8 Å². The van der Waals surface area contributed by atoms with Crippen molar-refractivity contribution in [3.8, 4) is 0 Å². The Kier molecular flexibility index (Phi) is 5.47. The maximum atomic E-state index is 5.39. The molecule has 1 aromatic rings. The Labute approximate surface area is 99.1 Å². The van der Waals surface area contributed by atoms with E-state index < -0.39 is 0 Å². The molecule has 1 rings (SSSR count). The highest BCUT2D eigenvalue weighted by Gasteiger charge is 2.04. The van der Waals surface area contributed by atoms with Crippen molar-refractivity contribution in [3.05, 3.63) is 21.0 Å². The zero-order valence-electron chi connectivity index (χ0n) is 7.27. The SMILES string of the molecule is CSCCNCc1cc(Br)c(Br)o1. The highest BCUT2D eigenvalue weighted by molar-refractivity contribution is 9.13. The zero-order chi connectivity index (χ0) is 9.68. The molecule has 1 N–H and O–H groups in total.